The highest BCUT2D eigenvalue weighted by Crippen LogP contribution is 2.25. The monoisotopic (exact) mass is 382 g/mol. The summed E-state index contributed by atoms with van der Waals surface area (Å²) in [4.78, 5) is 15.1. The van der Waals surface area contributed by atoms with Gasteiger partial charge in [-0.15, -0.1) is 0 Å². The fourth-order valence-electron chi connectivity index (χ4n) is 3.19. The fourth-order valence-corrected chi connectivity index (χ4v) is 3.32. The highest BCUT2D eigenvalue weighted by atomic mass is 35.5. The Morgan fingerprint density at radius 1 is 1.19 bits per heavy atom. The molecular weight excluding hydrogens is 364 g/mol. The second-order valence-corrected chi connectivity index (χ2v) is 6.79. The van der Waals surface area contributed by atoms with E-state index in [2.05, 4.69) is 15.9 Å². The van der Waals surface area contributed by atoms with E-state index in [-0.39, 0.29) is 5.69 Å². The van der Waals surface area contributed by atoms with Gasteiger partial charge in [-0.25, -0.2) is 0 Å². The fraction of sp³-hybridized carbons (Fsp3) is 0.250. The summed E-state index contributed by atoms with van der Waals surface area (Å²) < 4.78 is 0. The Bertz CT molecular complexity index is 882. The topological polar surface area (TPSA) is 73.4 Å². The van der Waals surface area contributed by atoms with E-state index < -0.39 is 4.92 Å². The SMILES string of the molecule is N#C/C=C(\c1cccc([N+](=O)[O-])c1)N1CCN(Cc2ccc(Cl)cc2)CC1. The van der Waals surface area contributed by atoms with Crippen molar-refractivity contribution >= 4 is 23.0 Å². The number of hydrogen-bond acceptors (Lipinski definition) is 5. The zero-order valence-corrected chi connectivity index (χ0v) is 15.5. The van der Waals surface area contributed by atoms with E-state index in [1.807, 2.05) is 24.3 Å². The smallest absolute Gasteiger partial charge is 0.270 e. The van der Waals surface area contributed by atoms with Crippen molar-refractivity contribution in [1.82, 2.24) is 9.80 Å². The first kappa shape index (κ1) is 18.9. The molecule has 1 heterocycles. The van der Waals surface area contributed by atoms with Gasteiger partial charge in [0.2, 0.25) is 0 Å². The van der Waals surface area contributed by atoms with Crippen LogP contribution in [0.4, 0.5) is 5.69 Å². The molecule has 0 radical (unpaired) electrons. The van der Waals surface area contributed by atoms with Crippen LogP contribution in [0, 0.1) is 21.4 Å². The molecule has 27 heavy (non-hydrogen) atoms. The molecule has 0 aliphatic carbocycles. The first-order valence-electron chi connectivity index (χ1n) is 8.63. The van der Waals surface area contributed by atoms with Gasteiger partial charge < -0.3 is 4.90 Å². The van der Waals surface area contributed by atoms with Crippen LogP contribution in [0.3, 0.4) is 0 Å². The number of nitro benzene ring substituents is 1. The molecule has 1 saturated heterocycles. The third-order valence-electron chi connectivity index (χ3n) is 4.59. The lowest BCUT2D eigenvalue weighted by Gasteiger charge is -2.37. The van der Waals surface area contributed by atoms with Gasteiger partial charge in [0.05, 0.1) is 16.7 Å². The summed E-state index contributed by atoms with van der Waals surface area (Å²) in [6.07, 6.45) is 1.47. The molecule has 0 bridgehead atoms. The molecule has 0 spiro atoms. The molecule has 1 fully saturated rings. The number of hydrogen-bond donors (Lipinski definition) is 0. The summed E-state index contributed by atoms with van der Waals surface area (Å²) in [7, 11) is 0. The zero-order valence-electron chi connectivity index (χ0n) is 14.7. The van der Waals surface area contributed by atoms with Crippen LogP contribution in [-0.2, 0) is 6.54 Å². The van der Waals surface area contributed by atoms with Crippen LogP contribution in [-0.4, -0.2) is 40.9 Å². The van der Waals surface area contributed by atoms with Gasteiger partial charge in [0.25, 0.3) is 5.69 Å². The molecular formula is C20H19ClN4O2. The standard InChI is InChI=1S/C20H19ClN4O2/c21-18-6-4-16(5-7-18)15-23-10-12-24(13-11-23)20(8-9-22)17-2-1-3-19(14-17)25(26)27/h1-8,14H,10-13,15H2/b20-8+. The van der Waals surface area contributed by atoms with Crippen molar-refractivity contribution in [2.24, 2.45) is 0 Å². The molecule has 2 aromatic rings. The predicted octanol–water partition coefficient (Wildman–Crippen LogP) is 3.93. The van der Waals surface area contributed by atoms with Crippen molar-refractivity contribution in [2.75, 3.05) is 26.2 Å². The van der Waals surface area contributed by atoms with E-state index in [0.717, 1.165) is 43.4 Å². The molecule has 0 aromatic heterocycles. The lowest BCUT2D eigenvalue weighted by atomic mass is 10.1. The van der Waals surface area contributed by atoms with Gasteiger partial charge in [0.1, 0.15) is 0 Å². The highest BCUT2D eigenvalue weighted by molar-refractivity contribution is 6.30. The number of non-ortho nitro benzene ring substituents is 1. The van der Waals surface area contributed by atoms with Gasteiger partial charge in [0, 0.05) is 61.5 Å². The summed E-state index contributed by atoms with van der Waals surface area (Å²) >= 11 is 5.93. The van der Waals surface area contributed by atoms with Gasteiger partial charge in [-0.05, 0) is 17.7 Å². The van der Waals surface area contributed by atoms with Crippen LogP contribution in [0.1, 0.15) is 11.1 Å². The van der Waals surface area contributed by atoms with Crippen LogP contribution in [0.25, 0.3) is 5.70 Å². The minimum atomic E-state index is -0.419. The molecule has 0 atom stereocenters. The summed E-state index contributed by atoms with van der Waals surface area (Å²) in [5.41, 5.74) is 2.65. The van der Waals surface area contributed by atoms with Gasteiger partial charge in [-0.3, -0.25) is 15.0 Å². The molecule has 1 aliphatic rings. The minimum absolute atomic E-state index is 0.0257. The zero-order chi connectivity index (χ0) is 19.2. The molecule has 138 valence electrons. The minimum Gasteiger partial charge on any atom is -0.368 e. The van der Waals surface area contributed by atoms with E-state index in [1.165, 1.54) is 23.8 Å². The van der Waals surface area contributed by atoms with E-state index in [4.69, 9.17) is 16.9 Å². The third kappa shape index (κ3) is 4.85. The average Bonchev–Trinajstić information content (AvgIpc) is 2.69. The molecule has 2 aromatic carbocycles. The Balaban J connectivity index is 1.68. The summed E-state index contributed by atoms with van der Waals surface area (Å²) in [5, 5.41) is 20.9. The third-order valence-corrected chi connectivity index (χ3v) is 4.84. The lowest BCUT2D eigenvalue weighted by Crippen LogP contribution is -2.44. The number of nitriles is 1. The molecule has 6 nitrogen and oxygen atoms in total. The maximum atomic E-state index is 11.0. The number of nitro groups is 1. The summed E-state index contributed by atoms with van der Waals surface area (Å²) in [5.74, 6) is 0. The van der Waals surface area contributed by atoms with E-state index >= 15 is 0 Å². The molecule has 1 aliphatic heterocycles. The second kappa shape index (κ2) is 8.67. The van der Waals surface area contributed by atoms with E-state index in [1.54, 1.807) is 12.1 Å². The predicted molar refractivity (Wildman–Crippen MR) is 105 cm³/mol. The normalized spacial score (nSPS) is 15.4. The van der Waals surface area contributed by atoms with Crippen molar-refractivity contribution in [3.63, 3.8) is 0 Å². The second-order valence-electron chi connectivity index (χ2n) is 6.36. The average molecular weight is 383 g/mol. The van der Waals surface area contributed by atoms with Gasteiger partial charge in [-0.1, -0.05) is 35.9 Å². The van der Waals surface area contributed by atoms with Crippen molar-refractivity contribution in [3.05, 3.63) is 80.9 Å². The summed E-state index contributed by atoms with van der Waals surface area (Å²) in [6.45, 7) is 4.05. The molecule has 0 saturated carbocycles. The number of nitrogens with zero attached hydrogens (tertiary/aromatic N) is 4. The Morgan fingerprint density at radius 2 is 1.89 bits per heavy atom. The van der Waals surface area contributed by atoms with E-state index in [9.17, 15) is 10.1 Å². The van der Waals surface area contributed by atoms with Crippen LogP contribution >= 0.6 is 11.6 Å². The number of allylic oxidation sites excluding steroid dienone is 1. The largest absolute Gasteiger partial charge is 0.368 e. The Labute approximate surface area is 163 Å². The Morgan fingerprint density at radius 3 is 2.52 bits per heavy atom. The van der Waals surface area contributed by atoms with Gasteiger partial charge in [0.15, 0.2) is 0 Å². The molecule has 3 rings (SSSR count). The first-order chi connectivity index (χ1) is 13.1. The number of rotatable bonds is 5. The molecule has 7 heteroatoms. The number of benzene rings is 2. The quantitative estimate of drug-likeness (QED) is 0.445. The maximum Gasteiger partial charge on any atom is 0.270 e. The van der Waals surface area contributed by atoms with Crippen LogP contribution in [0.2, 0.25) is 5.02 Å². The Kier molecular flexibility index (Phi) is 6.07. The number of piperazine rings is 1. The van der Waals surface area contributed by atoms with Crippen LogP contribution in [0.5, 0.6) is 0 Å². The van der Waals surface area contributed by atoms with Gasteiger partial charge >= 0.3 is 0 Å². The maximum absolute atomic E-state index is 11.0. The molecule has 0 amide bonds. The highest BCUT2D eigenvalue weighted by Gasteiger charge is 2.21. The van der Waals surface area contributed by atoms with Crippen molar-refractivity contribution < 1.29 is 4.92 Å². The molecule has 0 unspecified atom stereocenters. The van der Waals surface area contributed by atoms with E-state index in [0.29, 0.717) is 5.56 Å². The van der Waals surface area contributed by atoms with Crippen LogP contribution < -0.4 is 0 Å². The Hall–Kier alpha value is -2.88. The molecule has 0 N–H and O–H groups in total. The first-order valence-corrected chi connectivity index (χ1v) is 9.01. The van der Waals surface area contributed by atoms with Crippen LogP contribution in [0.15, 0.2) is 54.6 Å². The van der Waals surface area contributed by atoms with Crippen molar-refractivity contribution in [3.8, 4) is 6.07 Å². The number of halogens is 1. The summed E-state index contributed by atoms with van der Waals surface area (Å²) in [6, 6.07) is 16.3. The van der Waals surface area contributed by atoms with Crippen molar-refractivity contribution in [2.45, 2.75) is 6.54 Å². The van der Waals surface area contributed by atoms with Gasteiger partial charge in [-0.2, -0.15) is 5.26 Å². The van der Waals surface area contributed by atoms with Crippen molar-refractivity contribution in [1.29, 1.82) is 5.26 Å². The lowest BCUT2D eigenvalue weighted by molar-refractivity contribution is -0.384.